The summed E-state index contributed by atoms with van der Waals surface area (Å²) in [7, 11) is 0. The number of rotatable bonds is 0. The van der Waals surface area contributed by atoms with E-state index < -0.39 is 5.76 Å². The number of nitrogens with two attached hydrogens (primary N) is 1. The highest BCUT2D eigenvalue weighted by Crippen LogP contribution is 2.04. The van der Waals surface area contributed by atoms with Crippen molar-refractivity contribution in [3.8, 4) is 0 Å². The van der Waals surface area contributed by atoms with E-state index in [0.717, 1.165) is 4.68 Å². The fraction of sp³-hybridized carbons (Fsp3) is 0. The third-order valence-corrected chi connectivity index (χ3v) is 1.37. The Labute approximate surface area is 61.0 Å². The monoisotopic (exact) mass is 151 g/mol. The van der Waals surface area contributed by atoms with Gasteiger partial charge in [0.05, 0.1) is 0 Å². The molecule has 56 valence electrons. The van der Waals surface area contributed by atoms with Crippen LogP contribution in [0.3, 0.4) is 0 Å². The summed E-state index contributed by atoms with van der Waals surface area (Å²) in [5, 5.41) is 0. The average Bonchev–Trinajstić information content (AvgIpc) is 2.30. The van der Waals surface area contributed by atoms with E-state index in [0.29, 0.717) is 11.2 Å². The van der Waals surface area contributed by atoms with Gasteiger partial charge in [-0.15, -0.1) is 0 Å². The normalized spacial score (nSPS) is 10.5. The van der Waals surface area contributed by atoms with Crippen LogP contribution in [0.4, 0.5) is 0 Å². The maximum Gasteiger partial charge on any atom is 0.440 e. The quantitative estimate of drug-likeness (QED) is 0.525. The maximum atomic E-state index is 10.8. The molecule has 0 aromatic carbocycles. The van der Waals surface area contributed by atoms with Crippen LogP contribution in [0.1, 0.15) is 0 Å². The molecule has 0 aliphatic rings. The first kappa shape index (κ1) is 5.96. The van der Waals surface area contributed by atoms with E-state index in [-0.39, 0.29) is 0 Å². The van der Waals surface area contributed by atoms with Crippen molar-refractivity contribution in [2.45, 2.75) is 0 Å². The van der Waals surface area contributed by atoms with Crippen molar-refractivity contribution in [2.75, 3.05) is 5.84 Å². The minimum Gasteiger partial charge on any atom is -0.405 e. The molecular weight excluding hydrogens is 146 g/mol. The van der Waals surface area contributed by atoms with Gasteiger partial charge in [-0.25, -0.2) is 9.78 Å². The second-order valence-corrected chi connectivity index (χ2v) is 2.06. The molecule has 2 aromatic heterocycles. The van der Waals surface area contributed by atoms with Crippen LogP contribution in [-0.4, -0.2) is 9.66 Å². The smallest absolute Gasteiger partial charge is 0.405 e. The van der Waals surface area contributed by atoms with Crippen molar-refractivity contribution in [3.05, 3.63) is 28.9 Å². The zero-order valence-corrected chi connectivity index (χ0v) is 5.52. The number of fused-ring (bicyclic) bond motifs is 1. The fourth-order valence-corrected chi connectivity index (χ4v) is 0.873. The molecule has 5 heteroatoms. The van der Waals surface area contributed by atoms with E-state index in [4.69, 9.17) is 10.3 Å². The lowest BCUT2D eigenvalue weighted by Gasteiger charge is -1.86. The number of pyridine rings is 1. The molecule has 0 fully saturated rings. The predicted molar refractivity (Wildman–Crippen MR) is 38.4 cm³/mol. The fourth-order valence-electron chi connectivity index (χ4n) is 0.873. The van der Waals surface area contributed by atoms with Crippen LogP contribution in [0.15, 0.2) is 27.5 Å². The molecule has 2 rings (SSSR count). The Morgan fingerprint density at radius 1 is 1.64 bits per heavy atom. The molecule has 2 N–H and O–H groups in total. The third-order valence-electron chi connectivity index (χ3n) is 1.37. The molecule has 5 nitrogen and oxygen atoms in total. The Hall–Kier alpha value is -1.78. The summed E-state index contributed by atoms with van der Waals surface area (Å²) in [4.78, 5) is 14.6. The van der Waals surface area contributed by atoms with Crippen LogP contribution in [0, 0.1) is 0 Å². The van der Waals surface area contributed by atoms with Gasteiger partial charge in [0.25, 0.3) is 0 Å². The summed E-state index contributed by atoms with van der Waals surface area (Å²) in [6.45, 7) is 0. The zero-order chi connectivity index (χ0) is 7.84. The van der Waals surface area contributed by atoms with Gasteiger partial charge in [0, 0.05) is 6.20 Å². The van der Waals surface area contributed by atoms with E-state index in [1.165, 1.54) is 0 Å². The van der Waals surface area contributed by atoms with Gasteiger partial charge >= 0.3 is 5.76 Å². The van der Waals surface area contributed by atoms with Crippen molar-refractivity contribution in [1.29, 1.82) is 0 Å². The highest BCUT2D eigenvalue weighted by Gasteiger charge is 2.04. The van der Waals surface area contributed by atoms with Crippen molar-refractivity contribution in [2.24, 2.45) is 0 Å². The number of nitrogen functional groups attached to an aromatic ring is 1. The third kappa shape index (κ3) is 0.706. The van der Waals surface area contributed by atoms with Gasteiger partial charge < -0.3 is 10.3 Å². The van der Waals surface area contributed by atoms with Crippen LogP contribution >= 0.6 is 0 Å². The number of oxazole rings is 1. The van der Waals surface area contributed by atoms with Crippen LogP contribution in [-0.2, 0) is 0 Å². The van der Waals surface area contributed by atoms with E-state index in [9.17, 15) is 4.79 Å². The minimum atomic E-state index is -0.598. The molecule has 0 radical (unpaired) electrons. The largest absolute Gasteiger partial charge is 0.440 e. The highest BCUT2D eigenvalue weighted by molar-refractivity contribution is 5.67. The molecule has 11 heavy (non-hydrogen) atoms. The lowest BCUT2D eigenvalue weighted by Crippen LogP contribution is -2.22. The lowest BCUT2D eigenvalue weighted by molar-refractivity contribution is 0.535. The van der Waals surface area contributed by atoms with Gasteiger partial charge in [0.2, 0.25) is 5.65 Å². The van der Waals surface area contributed by atoms with Crippen LogP contribution in [0.5, 0.6) is 0 Å². The van der Waals surface area contributed by atoms with Crippen molar-refractivity contribution in [3.63, 3.8) is 0 Å². The molecule has 0 aliphatic heterocycles. The predicted octanol–water partition coefficient (Wildman–Crippen LogP) is -0.297. The molecule has 0 atom stereocenters. The number of hydrogen-bond donors (Lipinski definition) is 1. The first-order valence-electron chi connectivity index (χ1n) is 3.00. The van der Waals surface area contributed by atoms with E-state index in [1.54, 1.807) is 18.3 Å². The van der Waals surface area contributed by atoms with Gasteiger partial charge in [0.1, 0.15) is 0 Å². The minimum absolute atomic E-state index is 0.359. The summed E-state index contributed by atoms with van der Waals surface area (Å²) in [5.41, 5.74) is 0.762. The standard InChI is InChI=1S/C6H5N3O2/c7-9-5-4(11-6(9)10)2-1-3-8-5/h1-3H,7H2. The average molecular weight is 151 g/mol. The SMILES string of the molecule is Nn1c(=O)oc2cccnc21. The van der Waals surface area contributed by atoms with Crippen molar-refractivity contribution in [1.82, 2.24) is 9.66 Å². The summed E-state index contributed by atoms with van der Waals surface area (Å²) in [5.74, 6) is 4.69. The highest BCUT2D eigenvalue weighted by atomic mass is 16.4. The molecule has 0 unspecified atom stereocenters. The van der Waals surface area contributed by atoms with Gasteiger partial charge in [-0.3, -0.25) is 0 Å². The molecule has 2 heterocycles. The van der Waals surface area contributed by atoms with E-state index in [1.807, 2.05) is 0 Å². The molecule has 2 aromatic rings. The van der Waals surface area contributed by atoms with Crippen molar-refractivity contribution < 1.29 is 4.42 Å². The molecule has 0 saturated heterocycles. The Balaban J connectivity index is 3.04. The Bertz CT molecular complexity index is 442. The first-order valence-corrected chi connectivity index (χ1v) is 3.00. The van der Waals surface area contributed by atoms with E-state index >= 15 is 0 Å². The van der Waals surface area contributed by atoms with Gasteiger partial charge in [0.15, 0.2) is 5.58 Å². The Morgan fingerprint density at radius 2 is 2.45 bits per heavy atom. The van der Waals surface area contributed by atoms with Gasteiger partial charge in [-0.1, -0.05) is 0 Å². The molecule has 0 bridgehead atoms. The molecule has 0 spiro atoms. The first-order chi connectivity index (χ1) is 5.29. The van der Waals surface area contributed by atoms with E-state index in [2.05, 4.69) is 4.98 Å². The number of hydrogen-bond acceptors (Lipinski definition) is 4. The Morgan fingerprint density at radius 3 is 3.18 bits per heavy atom. The van der Waals surface area contributed by atoms with Gasteiger partial charge in [-0.05, 0) is 12.1 Å². The lowest BCUT2D eigenvalue weighted by atomic mass is 10.5. The van der Waals surface area contributed by atoms with Gasteiger partial charge in [-0.2, -0.15) is 4.68 Å². The summed E-state index contributed by atoms with van der Waals surface area (Å²) in [6.07, 6.45) is 1.54. The number of aromatic nitrogens is 2. The summed E-state index contributed by atoms with van der Waals surface area (Å²) >= 11 is 0. The Kier molecular flexibility index (Phi) is 1.00. The topological polar surface area (TPSA) is 74.0 Å². The van der Waals surface area contributed by atoms with Crippen molar-refractivity contribution >= 4 is 11.2 Å². The van der Waals surface area contributed by atoms with Crippen LogP contribution in [0.25, 0.3) is 11.2 Å². The second kappa shape index (κ2) is 1.85. The molecule has 0 aliphatic carbocycles. The molecule has 0 amide bonds. The second-order valence-electron chi connectivity index (χ2n) is 2.06. The van der Waals surface area contributed by atoms with Crippen LogP contribution in [0.2, 0.25) is 0 Å². The molecule has 0 saturated carbocycles. The van der Waals surface area contributed by atoms with Crippen LogP contribution < -0.4 is 11.6 Å². The maximum absolute atomic E-state index is 10.8. The number of nitrogens with zero attached hydrogens (tertiary/aromatic N) is 2. The summed E-state index contributed by atoms with van der Waals surface area (Å²) in [6, 6.07) is 3.30. The zero-order valence-electron chi connectivity index (χ0n) is 5.52. The molecular formula is C6H5N3O2. The summed E-state index contributed by atoms with van der Waals surface area (Å²) < 4.78 is 5.59.